The van der Waals surface area contributed by atoms with Gasteiger partial charge in [0.05, 0.1) is 10.2 Å². The molecule has 2 rings (SSSR count). The lowest BCUT2D eigenvalue weighted by atomic mass is 10.3. The molecule has 94 valence electrons. The molecule has 0 aromatic carbocycles. The fraction of sp³-hybridized carbons (Fsp3) is 0.333. The first-order chi connectivity index (χ1) is 8.72. The van der Waals surface area contributed by atoms with Crippen molar-refractivity contribution in [2.75, 3.05) is 11.9 Å². The van der Waals surface area contributed by atoms with Gasteiger partial charge in [-0.3, -0.25) is 0 Å². The minimum atomic E-state index is 0.608. The van der Waals surface area contributed by atoms with E-state index in [4.69, 9.17) is 0 Å². The molecule has 6 heteroatoms. The van der Waals surface area contributed by atoms with Crippen molar-refractivity contribution < 1.29 is 0 Å². The number of nitrogens with one attached hydrogen (secondary N) is 1. The molecule has 0 aliphatic heterocycles. The average molecular weight is 308 g/mol. The van der Waals surface area contributed by atoms with Gasteiger partial charge in [-0.2, -0.15) is 0 Å². The predicted molar refractivity (Wildman–Crippen MR) is 74.3 cm³/mol. The summed E-state index contributed by atoms with van der Waals surface area (Å²) in [7, 11) is 0. The van der Waals surface area contributed by atoms with Gasteiger partial charge in [0.25, 0.3) is 0 Å². The highest BCUT2D eigenvalue weighted by molar-refractivity contribution is 9.10. The normalized spacial score (nSPS) is 10.4. The van der Waals surface area contributed by atoms with E-state index in [1.54, 1.807) is 12.3 Å². The Morgan fingerprint density at radius 2 is 2.17 bits per heavy atom. The highest BCUT2D eigenvalue weighted by atomic mass is 79.9. The lowest BCUT2D eigenvalue weighted by Crippen LogP contribution is -2.06. The van der Waals surface area contributed by atoms with Gasteiger partial charge in [0.1, 0.15) is 17.8 Å². The third-order valence-electron chi connectivity index (χ3n) is 2.37. The molecule has 0 amide bonds. The molecule has 0 fully saturated rings. The van der Waals surface area contributed by atoms with Crippen molar-refractivity contribution in [2.45, 2.75) is 20.3 Å². The summed E-state index contributed by atoms with van der Waals surface area (Å²) in [6, 6.07) is 1.80. The van der Waals surface area contributed by atoms with Crippen LogP contribution in [-0.2, 0) is 0 Å². The van der Waals surface area contributed by atoms with E-state index in [1.807, 2.05) is 6.92 Å². The van der Waals surface area contributed by atoms with Gasteiger partial charge in [0, 0.05) is 12.7 Å². The molecular weight excluding hydrogens is 294 g/mol. The molecule has 0 unspecified atom stereocenters. The van der Waals surface area contributed by atoms with Gasteiger partial charge >= 0.3 is 0 Å². The van der Waals surface area contributed by atoms with Crippen LogP contribution in [-0.4, -0.2) is 26.5 Å². The van der Waals surface area contributed by atoms with E-state index < -0.39 is 0 Å². The van der Waals surface area contributed by atoms with Crippen LogP contribution in [0.1, 0.15) is 19.0 Å². The zero-order valence-electron chi connectivity index (χ0n) is 10.3. The van der Waals surface area contributed by atoms with Crippen LogP contribution in [0.15, 0.2) is 23.1 Å². The number of aromatic nitrogens is 4. The third kappa shape index (κ3) is 2.81. The predicted octanol–water partition coefficient (Wildman–Crippen LogP) is 2.83. The maximum Gasteiger partial charge on any atom is 0.180 e. The SMILES string of the molecule is CCCNc1nc(-c2ccncn2)nc(C)c1Br. The molecule has 2 heterocycles. The van der Waals surface area contributed by atoms with E-state index >= 15 is 0 Å². The van der Waals surface area contributed by atoms with Crippen molar-refractivity contribution in [3.05, 3.63) is 28.8 Å². The zero-order valence-corrected chi connectivity index (χ0v) is 11.9. The lowest BCUT2D eigenvalue weighted by Gasteiger charge is -2.10. The Balaban J connectivity index is 2.41. The summed E-state index contributed by atoms with van der Waals surface area (Å²) in [4.78, 5) is 17.0. The molecular formula is C12H14BrN5. The molecule has 0 bridgehead atoms. The summed E-state index contributed by atoms with van der Waals surface area (Å²) in [6.07, 6.45) is 4.22. The molecule has 18 heavy (non-hydrogen) atoms. The largest absolute Gasteiger partial charge is 0.369 e. The molecule has 1 N–H and O–H groups in total. The van der Waals surface area contributed by atoms with Crippen molar-refractivity contribution in [2.24, 2.45) is 0 Å². The number of halogens is 1. The van der Waals surface area contributed by atoms with Crippen molar-refractivity contribution in [1.29, 1.82) is 0 Å². The van der Waals surface area contributed by atoms with Gasteiger partial charge < -0.3 is 5.32 Å². The smallest absolute Gasteiger partial charge is 0.180 e. The quantitative estimate of drug-likeness (QED) is 0.941. The number of nitrogens with zero attached hydrogens (tertiary/aromatic N) is 4. The van der Waals surface area contributed by atoms with Crippen LogP contribution in [0.25, 0.3) is 11.5 Å². The molecule has 0 aliphatic carbocycles. The second-order valence-corrected chi connectivity index (χ2v) is 4.61. The second kappa shape index (κ2) is 5.86. The number of hydrogen-bond acceptors (Lipinski definition) is 5. The van der Waals surface area contributed by atoms with Crippen LogP contribution < -0.4 is 5.32 Å². The maximum atomic E-state index is 4.48. The summed E-state index contributed by atoms with van der Waals surface area (Å²) in [5.74, 6) is 1.41. The van der Waals surface area contributed by atoms with Gasteiger partial charge in [-0.1, -0.05) is 6.92 Å². The fourth-order valence-corrected chi connectivity index (χ4v) is 1.77. The van der Waals surface area contributed by atoms with Gasteiger partial charge in [0.2, 0.25) is 0 Å². The third-order valence-corrected chi connectivity index (χ3v) is 3.32. The molecule has 5 nitrogen and oxygen atoms in total. The van der Waals surface area contributed by atoms with Gasteiger partial charge in [-0.25, -0.2) is 19.9 Å². The Labute approximate surface area is 114 Å². The molecule has 0 saturated heterocycles. The summed E-state index contributed by atoms with van der Waals surface area (Å²) in [5, 5.41) is 3.27. The number of rotatable bonds is 4. The van der Waals surface area contributed by atoms with Crippen molar-refractivity contribution in [1.82, 2.24) is 19.9 Å². The van der Waals surface area contributed by atoms with E-state index in [0.717, 1.165) is 34.6 Å². The minimum absolute atomic E-state index is 0.608. The molecule has 0 aliphatic rings. The molecule has 0 radical (unpaired) electrons. The molecule has 2 aromatic rings. The minimum Gasteiger partial charge on any atom is -0.369 e. The first-order valence-corrected chi connectivity index (χ1v) is 6.56. The topological polar surface area (TPSA) is 63.6 Å². The first-order valence-electron chi connectivity index (χ1n) is 5.76. The number of hydrogen-bond donors (Lipinski definition) is 1. The van der Waals surface area contributed by atoms with E-state index in [0.29, 0.717) is 5.82 Å². The summed E-state index contributed by atoms with van der Waals surface area (Å²) >= 11 is 3.50. The van der Waals surface area contributed by atoms with Crippen molar-refractivity contribution in [3.63, 3.8) is 0 Å². The Bertz CT molecular complexity index is 529. The van der Waals surface area contributed by atoms with E-state index in [2.05, 4.69) is 48.1 Å². The van der Waals surface area contributed by atoms with E-state index in [1.165, 1.54) is 6.33 Å². The summed E-state index contributed by atoms with van der Waals surface area (Å²) in [6.45, 7) is 4.92. The molecule has 0 atom stereocenters. The standard InChI is InChI=1S/C12H14BrN5/c1-3-5-15-12-10(13)8(2)17-11(18-12)9-4-6-14-7-16-9/h4,6-7H,3,5H2,1-2H3,(H,15,17,18). The van der Waals surface area contributed by atoms with Gasteiger partial charge in [0.15, 0.2) is 5.82 Å². The second-order valence-electron chi connectivity index (χ2n) is 3.82. The monoisotopic (exact) mass is 307 g/mol. The van der Waals surface area contributed by atoms with Crippen LogP contribution >= 0.6 is 15.9 Å². The van der Waals surface area contributed by atoms with Crippen LogP contribution in [0.2, 0.25) is 0 Å². The average Bonchev–Trinajstić information content (AvgIpc) is 2.41. The highest BCUT2D eigenvalue weighted by Crippen LogP contribution is 2.25. The Morgan fingerprint density at radius 1 is 1.33 bits per heavy atom. The Hall–Kier alpha value is -1.56. The highest BCUT2D eigenvalue weighted by Gasteiger charge is 2.10. The van der Waals surface area contributed by atoms with Crippen molar-refractivity contribution in [3.8, 4) is 11.5 Å². The van der Waals surface area contributed by atoms with Gasteiger partial charge in [-0.05, 0) is 35.3 Å². The Kier molecular flexibility index (Phi) is 4.19. The summed E-state index contributed by atoms with van der Waals surface area (Å²) < 4.78 is 0.897. The maximum absolute atomic E-state index is 4.48. The van der Waals surface area contributed by atoms with Crippen molar-refractivity contribution >= 4 is 21.7 Å². The number of anilines is 1. The van der Waals surface area contributed by atoms with Crippen LogP contribution in [0.3, 0.4) is 0 Å². The molecule has 0 saturated carbocycles. The molecule has 0 spiro atoms. The van der Waals surface area contributed by atoms with E-state index in [-0.39, 0.29) is 0 Å². The van der Waals surface area contributed by atoms with Crippen LogP contribution in [0.4, 0.5) is 5.82 Å². The lowest BCUT2D eigenvalue weighted by molar-refractivity contribution is 0.956. The first kappa shape index (κ1) is 12.9. The fourth-order valence-electron chi connectivity index (χ4n) is 1.46. The van der Waals surface area contributed by atoms with Crippen LogP contribution in [0, 0.1) is 6.92 Å². The number of aryl methyl sites for hydroxylation is 1. The Morgan fingerprint density at radius 3 is 2.83 bits per heavy atom. The summed E-state index contributed by atoms with van der Waals surface area (Å²) in [5.41, 5.74) is 1.61. The van der Waals surface area contributed by atoms with E-state index in [9.17, 15) is 0 Å². The zero-order chi connectivity index (χ0) is 13.0. The van der Waals surface area contributed by atoms with Crippen LogP contribution in [0.5, 0.6) is 0 Å². The van der Waals surface area contributed by atoms with Gasteiger partial charge in [-0.15, -0.1) is 0 Å². The molecule has 2 aromatic heterocycles.